The van der Waals surface area contributed by atoms with Crippen LogP contribution in [-0.4, -0.2) is 59.6 Å². The number of rotatable bonds is 6. The molecule has 1 aromatic heterocycles. The van der Waals surface area contributed by atoms with E-state index in [1.165, 1.54) is 23.5 Å². The van der Waals surface area contributed by atoms with Crippen LogP contribution >= 0.6 is 22.9 Å². The van der Waals surface area contributed by atoms with Crippen LogP contribution < -0.4 is 10.1 Å². The molecule has 8 nitrogen and oxygen atoms in total. The number of benzene rings is 1. The molecule has 2 fully saturated rings. The second kappa shape index (κ2) is 9.71. The Morgan fingerprint density at radius 2 is 2.08 bits per heavy atom. The number of thiazole rings is 1. The van der Waals surface area contributed by atoms with Crippen molar-refractivity contribution >= 4 is 38.8 Å². The number of nitrogens with one attached hydrogen (secondary N) is 2. The van der Waals surface area contributed by atoms with E-state index in [2.05, 4.69) is 33.0 Å². The number of aromatic nitrogens is 1. The van der Waals surface area contributed by atoms with Crippen LogP contribution in [0.1, 0.15) is 55.6 Å². The first-order valence-corrected chi connectivity index (χ1v) is 15.6. The molecule has 1 aromatic carbocycles. The van der Waals surface area contributed by atoms with Crippen LogP contribution in [0.15, 0.2) is 58.3 Å². The quantitative estimate of drug-likeness (QED) is 0.531. The summed E-state index contributed by atoms with van der Waals surface area (Å²) in [6.07, 6.45) is 9.55. The zero-order valence-corrected chi connectivity index (χ0v) is 23.6. The Morgan fingerprint density at radius 1 is 1.29 bits per heavy atom. The van der Waals surface area contributed by atoms with Crippen molar-refractivity contribution in [2.75, 3.05) is 13.6 Å². The Morgan fingerprint density at radius 3 is 2.74 bits per heavy atom. The Kier molecular flexibility index (Phi) is 6.63. The van der Waals surface area contributed by atoms with E-state index in [0.717, 1.165) is 29.1 Å². The third-order valence-corrected chi connectivity index (χ3v) is 10.9. The van der Waals surface area contributed by atoms with Gasteiger partial charge >= 0.3 is 0 Å². The highest BCUT2D eigenvalue weighted by Gasteiger charge is 2.47. The highest BCUT2D eigenvalue weighted by Crippen LogP contribution is 2.47. The lowest BCUT2D eigenvalue weighted by Crippen LogP contribution is -2.48. The molecule has 3 atom stereocenters. The van der Waals surface area contributed by atoms with Crippen molar-refractivity contribution in [2.45, 2.75) is 61.9 Å². The lowest BCUT2D eigenvalue weighted by molar-refractivity contribution is 0.281. The molecule has 1 saturated heterocycles. The molecule has 12 heteroatoms. The Balaban J connectivity index is 1.48. The molecule has 6 rings (SSSR count). The molecule has 1 saturated carbocycles. The average Bonchev–Trinajstić information content (AvgIpc) is 3.66. The minimum absolute atomic E-state index is 0.291. The van der Waals surface area contributed by atoms with E-state index in [9.17, 15) is 12.8 Å². The Labute approximate surface area is 231 Å². The topological polar surface area (TPSA) is 89.9 Å². The Bertz CT molecular complexity index is 1440. The minimum atomic E-state index is -3.45. The summed E-state index contributed by atoms with van der Waals surface area (Å²) in [5, 5.41) is 4.47. The van der Waals surface area contributed by atoms with Crippen molar-refractivity contribution in [1.29, 1.82) is 0 Å². The SMILES string of the molecule is CN1C=CC(C)(C2=C3C[C@H](NS(=O)(=O)C4CCCC4)CN3C(c3nccs3)=N[C@H]2c2ccc(F)cc2Cl)N1. The van der Waals surface area contributed by atoms with Crippen molar-refractivity contribution in [2.24, 2.45) is 4.99 Å². The number of fused-ring (bicyclic) bond motifs is 1. The highest BCUT2D eigenvalue weighted by atomic mass is 35.5. The first kappa shape index (κ1) is 25.9. The molecule has 0 amide bonds. The summed E-state index contributed by atoms with van der Waals surface area (Å²) in [4.78, 5) is 11.8. The van der Waals surface area contributed by atoms with Crippen LogP contribution in [0.3, 0.4) is 0 Å². The van der Waals surface area contributed by atoms with Crippen molar-refractivity contribution in [3.8, 4) is 0 Å². The first-order valence-electron chi connectivity index (χ1n) is 12.8. The smallest absolute Gasteiger partial charge is 0.214 e. The van der Waals surface area contributed by atoms with Gasteiger partial charge in [-0.3, -0.25) is 4.99 Å². The summed E-state index contributed by atoms with van der Waals surface area (Å²) >= 11 is 8.09. The number of halogens is 2. The third-order valence-electron chi connectivity index (χ3n) is 7.81. The molecule has 0 radical (unpaired) electrons. The van der Waals surface area contributed by atoms with Gasteiger partial charge in [0.25, 0.3) is 0 Å². The summed E-state index contributed by atoms with van der Waals surface area (Å²) < 4.78 is 43.6. The summed E-state index contributed by atoms with van der Waals surface area (Å²) in [7, 11) is -1.53. The van der Waals surface area contributed by atoms with Gasteiger partial charge in [-0.15, -0.1) is 11.3 Å². The second-order valence-corrected chi connectivity index (χ2v) is 13.8. The first-order chi connectivity index (χ1) is 18.1. The van der Waals surface area contributed by atoms with Crippen molar-refractivity contribution in [3.63, 3.8) is 0 Å². The normalized spacial score (nSPS) is 27.9. The maximum atomic E-state index is 14.0. The molecule has 2 N–H and O–H groups in total. The number of amidine groups is 1. The molecule has 4 heterocycles. The van der Waals surface area contributed by atoms with Crippen LogP contribution in [0.2, 0.25) is 5.02 Å². The van der Waals surface area contributed by atoms with Crippen LogP contribution in [-0.2, 0) is 10.0 Å². The number of hydrogen-bond donors (Lipinski definition) is 2. The van der Waals surface area contributed by atoms with Gasteiger partial charge in [0.1, 0.15) is 11.9 Å². The van der Waals surface area contributed by atoms with Gasteiger partial charge in [-0.25, -0.2) is 27.9 Å². The van der Waals surface area contributed by atoms with Gasteiger partial charge in [0, 0.05) is 60.1 Å². The van der Waals surface area contributed by atoms with Gasteiger partial charge in [-0.1, -0.05) is 30.5 Å². The zero-order chi connectivity index (χ0) is 26.7. The lowest BCUT2D eigenvalue weighted by Gasteiger charge is -2.40. The van der Waals surface area contributed by atoms with E-state index >= 15 is 0 Å². The maximum absolute atomic E-state index is 14.0. The molecule has 0 spiro atoms. The fraction of sp³-hybridized carbons (Fsp3) is 0.462. The standard InChI is InChI=1S/C26H30ClFN6O2S2/c1-26(9-11-33(2)32-26)22-21-14-17(31-38(35,36)18-5-3-4-6-18)15-34(21)24(25-29-10-12-37-25)30-23(22)19-8-7-16(28)13-20(19)27/h7-13,17-18,23,31-32H,3-6,14-15H2,1-2H3/t17-,23-,26?/m0/s1. The van der Waals surface area contributed by atoms with Crippen LogP contribution in [0.4, 0.5) is 4.39 Å². The molecule has 1 unspecified atom stereocenters. The van der Waals surface area contributed by atoms with E-state index in [1.807, 2.05) is 23.6 Å². The molecular formula is C26H30ClFN6O2S2. The monoisotopic (exact) mass is 576 g/mol. The molecule has 2 aromatic rings. The molecule has 4 aliphatic rings. The second-order valence-electron chi connectivity index (χ2n) is 10.5. The molecule has 3 aliphatic heterocycles. The largest absolute Gasteiger partial charge is 0.326 e. The van der Waals surface area contributed by atoms with Crippen molar-refractivity contribution in [1.82, 2.24) is 25.0 Å². The van der Waals surface area contributed by atoms with E-state index < -0.39 is 27.4 Å². The number of hydrogen-bond acceptors (Lipinski definition) is 8. The molecule has 0 bridgehead atoms. The van der Waals surface area contributed by atoms with E-state index in [-0.39, 0.29) is 11.3 Å². The fourth-order valence-corrected chi connectivity index (χ4v) is 8.80. The van der Waals surface area contributed by atoms with Gasteiger partial charge in [-0.2, -0.15) is 0 Å². The fourth-order valence-electron chi connectivity index (χ4n) is 6.12. The summed E-state index contributed by atoms with van der Waals surface area (Å²) in [6, 6.07) is 3.55. The lowest BCUT2D eigenvalue weighted by atomic mass is 9.81. The maximum Gasteiger partial charge on any atom is 0.214 e. The van der Waals surface area contributed by atoms with E-state index in [1.54, 1.807) is 12.3 Å². The van der Waals surface area contributed by atoms with Gasteiger partial charge in [0.05, 0.1) is 10.8 Å². The molecule has 202 valence electrons. The number of aliphatic imine (C=N–C) groups is 1. The third kappa shape index (κ3) is 4.58. The summed E-state index contributed by atoms with van der Waals surface area (Å²) in [6.45, 7) is 2.51. The van der Waals surface area contributed by atoms with Gasteiger partial charge in [0.2, 0.25) is 10.0 Å². The number of sulfonamides is 1. The van der Waals surface area contributed by atoms with Gasteiger partial charge < -0.3 is 9.91 Å². The van der Waals surface area contributed by atoms with E-state index in [4.69, 9.17) is 16.6 Å². The average molecular weight is 577 g/mol. The predicted octanol–water partition coefficient (Wildman–Crippen LogP) is 4.35. The molecule has 1 aliphatic carbocycles. The zero-order valence-electron chi connectivity index (χ0n) is 21.2. The van der Waals surface area contributed by atoms with Crippen molar-refractivity contribution < 1.29 is 12.8 Å². The molecular weight excluding hydrogens is 547 g/mol. The van der Waals surface area contributed by atoms with E-state index in [0.29, 0.717) is 42.2 Å². The predicted molar refractivity (Wildman–Crippen MR) is 148 cm³/mol. The van der Waals surface area contributed by atoms with Gasteiger partial charge in [-0.05, 0) is 43.5 Å². The van der Waals surface area contributed by atoms with Crippen LogP contribution in [0.5, 0.6) is 0 Å². The van der Waals surface area contributed by atoms with Crippen LogP contribution in [0.25, 0.3) is 0 Å². The summed E-state index contributed by atoms with van der Waals surface area (Å²) in [5.41, 5.74) is 5.49. The summed E-state index contributed by atoms with van der Waals surface area (Å²) in [5.74, 6) is 0.257. The minimum Gasteiger partial charge on any atom is -0.326 e. The van der Waals surface area contributed by atoms with Crippen molar-refractivity contribution in [3.05, 3.63) is 74.7 Å². The van der Waals surface area contributed by atoms with Crippen LogP contribution in [0, 0.1) is 5.82 Å². The van der Waals surface area contributed by atoms with Gasteiger partial charge in [0.15, 0.2) is 10.8 Å². The number of hydrazine groups is 1. The number of nitrogens with zero attached hydrogens (tertiary/aromatic N) is 4. The highest BCUT2D eigenvalue weighted by molar-refractivity contribution is 7.90. The molecule has 38 heavy (non-hydrogen) atoms. The Hall–Kier alpha value is -2.31.